The molecular formula is C14H26N2. The number of rotatable bonds is 6. The van der Waals surface area contributed by atoms with Crippen molar-refractivity contribution < 1.29 is 0 Å². The van der Waals surface area contributed by atoms with Gasteiger partial charge < -0.3 is 10.2 Å². The van der Waals surface area contributed by atoms with Gasteiger partial charge in [0.05, 0.1) is 6.04 Å². The third-order valence-electron chi connectivity index (χ3n) is 3.32. The molecule has 1 saturated heterocycles. The molecule has 1 rings (SSSR count). The lowest BCUT2D eigenvalue weighted by Crippen LogP contribution is -2.40. The van der Waals surface area contributed by atoms with Crippen LogP contribution < -0.4 is 5.32 Å². The average Bonchev–Trinajstić information content (AvgIpc) is 2.77. The molecule has 0 saturated carbocycles. The Morgan fingerprint density at radius 1 is 1.25 bits per heavy atom. The topological polar surface area (TPSA) is 15.3 Å². The lowest BCUT2D eigenvalue weighted by Gasteiger charge is -2.32. The van der Waals surface area contributed by atoms with Gasteiger partial charge in [-0.05, 0) is 25.2 Å². The van der Waals surface area contributed by atoms with Crippen LogP contribution in [0.15, 0.2) is 24.6 Å². The number of hydrogen-bond donors (Lipinski definition) is 1. The van der Waals surface area contributed by atoms with Gasteiger partial charge in [0, 0.05) is 24.5 Å². The average molecular weight is 222 g/mol. The molecule has 1 heterocycles. The van der Waals surface area contributed by atoms with Crippen molar-refractivity contribution in [3.63, 3.8) is 0 Å². The Morgan fingerprint density at radius 2 is 1.81 bits per heavy atom. The number of hydrogen-bond acceptors (Lipinski definition) is 2. The first-order valence-electron chi connectivity index (χ1n) is 6.44. The first kappa shape index (κ1) is 13.1. The van der Waals surface area contributed by atoms with E-state index < -0.39 is 0 Å². The van der Waals surface area contributed by atoms with Crippen molar-refractivity contribution in [2.45, 2.75) is 46.1 Å². The fraction of sp³-hybridized carbons (Fsp3) is 0.714. The van der Waals surface area contributed by atoms with Crippen molar-refractivity contribution in [2.24, 2.45) is 5.92 Å². The Balaban J connectivity index is 2.61. The zero-order valence-corrected chi connectivity index (χ0v) is 11.1. The SMILES string of the molecule is C=C(CC)N[C@H](C(=C)N1CCCC1)C(C)C. The minimum atomic E-state index is 0.338. The minimum Gasteiger partial charge on any atom is -0.380 e. The van der Waals surface area contributed by atoms with Crippen LogP contribution in [-0.2, 0) is 0 Å². The summed E-state index contributed by atoms with van der Waals surface area (Å²) in [6.45, 7) is 17.2. The van der Waals surface area contributed by atoms with Gasteiger partial charge in [-0.15, -0.1) is 0 Å². The molecule has 0 aliphatic carbocycles. The van der Waals surface area contributed by atoms with Crippen molar-refractivity contribution in [2.75, 3.05) is 13.1 Å². The molecule has 92 valence electrons. The van der Waals surface area contributed by atoms with E-state index >= 15 is 0 Å². The largest absolute Gasteiger partial charge is 0.380 e. The summed E-state index contributed by atoms with van der Waals surface area (Å²) in [7, 11) is 0. The first-order chi connectivity index (χ1) is 7.56. The van der Waals surface area contributed by atoms with Crippen LogP contribution in [0.1, 0.15) is 40.0 Å². The van der Waals surface area contributed by atoms with E-state index in [1.54, 1.807) is 0 Å². The maximum absolute atomic E-state index is 4.27. The molecule has 2 nitrogen and oxygen atoms in total. The Hall–Kier alpha value is -0.920. The normalized spacial score (nSPS) is 17.6. The van der Waals surface area contributed by atoms with Crippen LogP contribution in [0.3, 0.4) is 0 Å². The molecule has 0 bridgehead atoms. The minimum absolute atomic E-state index is 0.338. The van der Waals surface area contributed by atoms with Crippen LogP contribution >= 0.6 is 0 Å². The van der Waals surface area contributed by atoms with Crippen molar-refractivity contribution >= 4 is 0 Å². The van der Waals surface area contributed by atoms with Crippen LogP contribution in [0.5, 0.6) is 0 Å². The van der Waals surface area contributed by atoms with E-state index in [0.29, 0.717) is 12.0 Å². The second-order valence-corrected chi connectivity index (χ2v) is 5.01. The molecule has 1 atom stereocenters. The second kappa shape index (κ2) is 5.97. The highest BCUT2D eigenvalue weighted by Gasteiger charge is 2.23. The number of likely N-dealkylation sites (tertiary alicyclic amines) is 1. The summed E-state index contributed by atoms with van der Waals surface area (Å²) >= 11 is 0. The standard InChI is InChI=1S/C14H26N2/c1-6-12(4)15-14(11(2)3)13(5)16-9-7-8-10-16/h11,14-15H,4-10H2,1-3H3/t14-/m0/s1. The smallest absolute Gasteiger partial charge is 0.0675 e. The summed E-state index contributed by atoms with van der Waals surface area (Å²) < 4.78 is 0. The number of allylic oxidation sites excluding steroid dienone is 1. The predicted octanol–water partition coefficient (Wildman–Crippen LogP) is 3.13. The maximum Gasteiger partial charge on any atom is 0.0675 e. The highest BCUT2D eigenvalue weighted by Crippen LogP contribution is 2.21. The lowest BCUT2D eigenvalue weighted by molar-refractivity contribution is 0.339. The Morgan fingerprint density at radius 3 is 2.25 bits per heavy atom. The Bertz CT molecular complexity index is 249. The molecule has 16 heavy (non-hydrogen) atoms. The van der Waals surface area contributed by atoms with Crippen molar-refractivity contribution in [3.8, 4) is 0 Å². The summed E-state index contributed by atoms with van der Waals surface area (Å²) in [4.78, 5) is 2.42. The van der Waals surface area contributed by atoms with Gasteiger partial charge in [0.25, 0.3) is 0 Å². The molecule has 1 aliphatic heterocycles. The van der Waals surface area contributed by atoms with E-state index in [4.69, 9.17) is 0 Å². The summed E-state index contributed by atoms with van der Waals surface area (Å²) in [5.41, 5.74) is 2.35. The number of nitrogens with one attached hydrogen (secondary N) is 1. The zero-order valence-electron chi connectivity index (χ0n) is 11.1. The molecule has 1 aliphatic rings. The van der Waals surface area contributed by atoms with E-state index in [2.05, 4.69) is 44.1 Å². The van der Waals surface area contributed by atoms with Crippen LogP contribution in [-0.4, -0.2) is 24.0 Å². The second-order valence-electron chi connectivity index (χ2n) is 5.01. The van der Waals surface area contributed by atoms with E-state index in [-0.39, 0.29) is 0 Å². The van der Waals surface area contributed by atoms with E-state index in [1.165, 1.54) is 31.6 Å². The van der Waals surface area contributed by atoms with E-state index in [9.17, 15) is 0 Å². The van der Waals surface area contributed by atoms with Gasteiger partial charge in [-0.3, -0.25) is 0 Å². The molecular weight excluding hydrogens is 196 g/mol. The van der Waals surface area contributed by atoms with Crippen LogP contribution in [0.4, 0.5) is 0 Å². The van der Waals surface area contributed by atoms with Gasteiger partial charge in [-0.1, -0.05) is 33.9 Å². The lowest BCUT2D eigenvalue weighted by atomic mass is 10.00. The van der Waals surface area contributed by atoms with Crippen molar-refractivity contribution in [3.05, 3.63) is 24.6 Å². The fourth-order valence-electron chi connectivity index (χ4n) is 2.16. The van der Waals surface area contributed by atoms with E-state index in [0.717, 1.165) is 12.1 Å². The highest BCUT2D eigenvalue weighted by atomic mass is 15.2. The number of nitrogens with zero attached hydrogens (tertiary/aromatic N) is 1. The molecule has 0 amide bonds. The fourth-order valence-corrected chi connectivity index (χ4v) is 2.16. The molecule has 0 radical (unpaired) electrons. The summed E-state index contributed by atoms with van der Waals surface area (Å²) in [5.74, 6) is 0.552. The summed E-state index contributed by atoms with van der Waals surface area (Å²) in [6, 6.07) is 0.338. The van der Waals surface area contributed by atoms with Crippen LogP contribution in [0.2, 0.25) is 0 Å². The van der Waals surface area contributed by atoms with Crippen molar-refractivity contribution in [1.29, 1.82) is 0 Å². The molecule has 1 fully saturated rings. The van der Waals surface area contributed by atoms with Crippen LogP contribution in [0, 0.1) is 5.92 Å². The van der Waals surface area contributed by atoms with Crippen LogP contribution in [0.25, 0.3) is 0 Å². The van der Waals surface area contributed by atoms with Gasteiger partial charge in [0.2, 0.25) is 0 Å². The monoisotopic (exact) mass is 222 g/mol. The quantitative estimate of drug-likeness (QED) is 0.743. The van der Waals surface area contributed by atoms with E-state index in [1.807, 2.05) is 0 Å². The molecule has 2 heteroatoms. The molecule has 0 unspecified atom stereocenters. The van der Waals surface area contributed by atoms with Gasteiger partial charge >= 0.3 is 0 Å². The third-order valence-corrected chi connectivity index (χ3v) is 3.32. The maximum atomic E-state index is 4.27. The zero-order chi connectivity index (χ0) is 12.1. The van der Waals surface area contributed by atoms with Crippen molar-refractivity contribution in [1.82, 2.24) is 10.2 Å². The molecule has 0 aromatic rings. The van der Waals surface area contributed by atoms with Gasteiger partial charge in [0.1, 0.15) is 0 Å². The Labute approximate surface area is 100 Å². The van der Waals surface area contributed by atoms with Gasteiger partial charge in [-0.2, -0.15) is 0 Å². The Kier molecular flexibility index (Phi) is 4.91. The highest BCUT2D eigenvalue weighted by molar-refractivity contribution is 5.11. The summed E-state index contributed by atoms with van der Waals surface area (Å²) in [5, 5.41) is 3.51. The molecule has 1 N–H and O–H groups in total. The third kappa shape index (κ3) is 3.29. The van der Waals surface area contributed by atoms with Gasteiger partial charge in [0.15, 0.2) is 0 Å². The summed E-state index contributed by atoms with van der Waals surface area (Å²) in [6.07, 6.45) is 3.59. The predicted molar refractivity (Wildman–Crippen MR) is 71.1 cm³/mol. The first-order valence-corrected chi connectivity index (χ1v) is 6.44. The molecule has 0 aromatic heterocycles. The van der Waals surface area contributed by atoms with Gasteiger partial charge in [-0.25, -0.2) is 0 Å². The molecule has 0 spiro atoms. The molecule has 0 aromatic carbocycles.